The summed E-state index contributed by atoms with van der Waals surface area (Å²) in [5.74, 6) is 0. The van der Waals surface area contributed by atoms with Crippen molar-refractivity contribution in [3.63, 3.8) is 0 Å². The molecule has 0 aromatic rings. The molecular weight excluding hydrogens is 146 g/mol. The zero-order valence-electron chi connectivity index (χ0n) is 4.10. The van der Waals surface area contributed by atoms with Gasteiger partial charge in [-0.3, -0.25) is 0 Å². The number of carboxylic acid groups (broad SMARTS) is 1. The first kappa shape index (κ1) is 9.92. The molecule has 0 bridgehead atoms. The van der Waals surface area contributed by atoms with E-state index in [2.05, 4.69) is 0 Å². The van der Waals surface area contributed by atoms with Crippen molar-refractivity contribution >= 4 is 6.09 Å². The molecule has 0 aliphatic heterocycles. The Morgan fingerprint density at radius 2 is 1.71 bits per heavy atom. The van der Waals surface area contributed by atoms with Crippen LogP contribution in [-0.4, -0.2) is 30.2 Å². The number of carbonyl (C=O) groups is 1. The summed E-state index contributed by atoms with van der Waals surface area (Å²) in [5.41, 5.74) is 0. The molecule has 0 unspecified atom stereocenters. The maximum atomic E-state index is 9.62. The van der Waals surface area contributed by atoms with Gasteiger partial charge in [0.1, 0.15) is 0 Å². The summed E-state index contributed by atoms with van der Waals surface area (Å²) in [6.45, 7) is 0. The molecule has 0 saturated carbocycles. The zero-order chi connectivity index (χ0) is 5.15. The molecule has 4 heteroatoms. The van der Waals surface area contributed by atoms with Crippen LogP contribution in [0.2, 0.25) is 0 Å². The normalized spacial score (nSPS) is 6.57. The molecule has 0 rings (SSSR count). The molecule has 0 aliphatic rings. The minimum Gasteiger partial charge on any atom is -0.465 e. The first-order valence-corrected chi connectivity index (χ1v) is 1.55. The summed E-state index contributed by atoms with van der Waals surface area (Å²) < 4.78 is 0. The first-order chi connectivity index (χ1) is 2.64. The Morgan fingerprint density at radius 1 is 1.57 bits per heavy atom. The van der Waals surface area contributed by atoms with Gasteiger partial charge in [-0.25, -0.2) is 4.79 Å². The van der Waals surface area contributed by atoms with Crippen LogP contribution in [0.4, 0.5) is 4.79 Å². The van der Waals surface area contributed by atoms with Crippen LogP contribution in [0.15, 0.2) is 0 Å². The van der Waals surface area contributed by atoms with Gasteiger partial charge in [-0.1, -0.05) is 0 Å². The van der Waals surface area contributed by atoms with Gasteiger partial charge in [0.25, 0.3) is 0 Å². The minimum absolute atomic E-state index is 0. The second-order valence-corrected chi connectivity index (χ2v) is 1.18. The van der Waals surface area contributed by atoms with Crippen molar-refractivity contribution in [2.45, 2.75) is 0 Å². The fourth-order valence-electron chi connectivity index (χ4n) is 0. The second kappa shape index (κ2) is 3.96. The molecule has 0 aliphatic carbocycles. The number of rotatable bonds is 0. The molecule has 0 fully saturated rings. The van der Waals surface area contributed by atoms with E-state index < -0.39 is 6.09 Å². The van der Waals surface area contributed by atoms with Crippen molar-refractivity contribution in [3.8, 4) is 0 Å². The summed E-state index contributed by atoms with van der Waals surface area (Å²) >= 11 is 0. The van der Waals surface area contributed by atoms with Crippen LogP contribution in [0.25, 0.3) is 0 Å². The number of nitrogens with zero attached hydrogens (tertiary/aromatic N) is 1. The van der Waals surface area contributed by atoms with Gasteiger partial charge in [0.15, 0.2) is 0 Å². The van der Waals surface area contributed by atoms with Gasteiger partial charge in [0.2, 0.25) is 0 Å². The van der Waals surface area contributed by atoms with E-state index in [-0.39, 0.29) is 17.1 Å². The van der Waals surface area contributed by atoms with Crippen LogP contribution in [-0.2, 0) is 17.1 Å². The quantitative estimate of drug-likeness (QED) is 0.505. The van der Waals surface area contributed by atoms with Crippen molar-refractivity contribution in [1.29, 1.82) is 0 Å². The van der Waals surface area contributed by atoms with Crippen LogP contribution < -0.4 is 0 Å². The third-order valence-electron chi connectivity index (χ3n) is 0.383. The largest absolute Gasteiger partial charge is 0.465 e. The standard InChI is InChI=1S/C3H7NO2.Cu/c1-4(2)3(5)6;/h1-2H3,(H,5,6);. The zero-order valence-corrected chi connectivity index (χ0v) is 5.05. The fourth-order valence-corrected chi connectivity index (χ4v) is 0. The Kier molecular flexibility index (Phi) is 5.62. The predicted molar refractivity (Wildman–Crippen MR) is 21.7 cm³/mol. The van der Waals surface area contributed by atoms with Gasteiger partial charge < -0.3 is 10.0 Å². The van der Waals surface area contributed by atoms with E-state index in [1.165, 1.54) is 14.1 Å². The molecule has 3 nitrogen and oxygen atoms in total. The van der Waals surface area contributed by atoms with Gasteiger partial charge in [0.05, 0.1) is 0 Å². The van der Waals surface area contributed by atoms with Crippen molar-refractivity contribution < 1.29 is 27.0 Å². The maximum absolute atomic E-state index is 9.62. The maximum Gasteiger partial charge on any atom is 0.406 e. The Bertz CT molecular complexity index is 64.0. The smallest absolute Gasteiger partial charge is 0.406 e. The van der Waals surface area contributed by atoms with Gasteiger partial charge in [0, 0.05) is 31.2 Å². The molecule has 0 atom stereocenters. The molecule has 47 valence electrons. The number of hydrogen-bond donors (Lipinski definition) is 1. The average molecular weight is 153 g/mol. The number of hydrogen-bond acceptors (Lipinski definition) is 1. The van der Waals surface area contributed by atoms with E-state index in [0.717, 1.165) is 4.90 Å². The van der Waals surface area contributed by atoms with Crippen LogP contribution in [0.3, 0.4) is 0 Å². The van der Waals surface area contributed by atoms with Gasteiger partial charge in [-0.15, -0.1) is 0 Å². The first-order valence-electron chi connectivity index (χ1n) is 1.55. The molecule has 1 amide bonds. The summed E-state index contributed by atoms with van der Waals surface area (Å²) in [7, 11) is 2.95. The summed E-state index contributed by atoms with van der Waals surface area (Å²) in [6.07, 6.45) is -0.907. The third kappa shape index (κ3) is 5.79. The molecule has 0 saturated heterocycles. The van der Waals surface area contributed by atoms with E-state index in [9.17, 15) is 4.79 Å². The molecule has 1 radical (unpaired) electrons. The fraction of sp³-hybridized carbons (Fsp3) is 0.667. The Balaban J connectivity index is 0. The van der Waals surface area contributed by atoms with Gasteiger partial charge >= 0.3 is 6.09 Å². The summed E-state index contributed by atoms with van der Waals surface area (Å²) in [5, 5.41) is 7.92. The van der Waals surface area contributed by atoms with E-state index >= 15 is 0 Å². The predicted octanol–water partition coefficient (Wildman–Crippen LogP) is 0.224. The van der Waals surface area contributed by atoms with E-state index in [1.54, 1.807) is 0 Å². The third-order valence-corrected chi connectivity index (χ3v) is 0.383. The Hall–Kier alpha value is -0.211. The van der Waals surface area contributed by atoms with Crippen LogP contribution >= 0.6 is 0 Å². The Morgan fingerprint density at radius 3 is 1.71 bits per heavy atom. The minimum atomic E-state index is -0.907. The summed E-state index contributed by atoms with van der Waals surface area (Å²) in [4.78, 5) is 10.7. The van der Waals surface area contributed by atoms with Crippen molar-refractivity contribution in [2.75, 3.05) is 14.1 Å². The van der Waals surface area contributed by atoms with Crippen LogP contribution in [0.5, 0.6) is 0 Å². The molecule has 0 aromatic heterocycles. The van der Waals surface area contributed by atoms with Crippen molar-refractivity contribution in [2.24, 2.45) is 0 Å². The topological polar surface area (TPSA) is 40.5 Å². The van der Waals surface area contributed by atoms with E-state index in [0.29, 0.717) is 0 Å². The molecule has 0 heterocycles. The van der Waals surface area contributed by atoms with Crippen molar-refractivity contribution in [3.05, 3.63) is 0 Å². The van der Waals surface area contributed by atoms with Gasteiger partial charge in [-0.2, -0.15) is 0 Å². The molecule has 0 spiro atoms. The average Bonchev–Trinajstić information content (AvgIpc) is 1.36. The SMILES string of the molecule is CN(C)C(=O)O.[Cu]. The Labute approximate surface area is 52.8 Å². The van der Waals surface area contributed by atoms with Gasteiger partial charge in [-0.05, 0) is 0 Å². The molecular formula is C3H7CuNO2. The molecule has 0 aromatic carbocycles. The van der Waals surface area contributed by atoms with Crippen molar-refractivity contribution in [1.82, 2.24) is 4.90 Å². The van der Waals surface area contributed by atoms with Crippen LogP contribution in [0, 0.1) is 0 Å². The van der Waals surface area contributed by atoms with Crippen LogP contribution in [0.1, 0.15) is 0 Å². The molecule has 1 N–H and O–H groups in total. The second-order valence-electron chi connectivity index (χ2n) is 1.18. The summed E-state index contributed by atoms with van der Waals surface area (Å²) in [6, 6.07) is 0. The monoisotopic (exact) mass is 152 g/mol. The van der Waals surface area contributed by atoms with E-state index in [1.807, 2.05) is 0 Å². The van der Waals surface area contributed by atoms with E-state index in [4.69, 9.17) is 5.11 Å². The molecule has 7 heavy (non-hydrogen) atoms. The number of amides is 1.